The lowest BCUT2D eigenvalue weighted by atomic mass is 10.0. The smallest absolute Gasteiger partial charge is 0.115 e. The molecule has 4 nitrogen and oxygen atoms in total. The lowest BCUT2D eigenvalue weighted by Crippen LogP contribution is -2.35. The summed E-state index contributed by atoms with van der Waals surface area (Å²) in [4.78, 5) is 2.07. The highest BCUT2D eigenvalue weighted by atomic mass is 16.3. The molecule has 0 bridgehead atoms. The van der Waals surface area contributed by atoms with Gasteiger partial charge in [0.05, 0.1) is 6.10 Å². The van der Waals surface area contributed by atoms with E-state index in [1.807, 2.05) is 32.2 Å². The molecule has 0 radical (unpaired) electrons. The van der Waals surface area contributed by atoms with E-state index >= 15 is 0 Å². The fourth-order valence-corrected chi connectivity index (χ4v) is 2.45. The second-order valence-corrected chi connectivity index (χ2v) is 5.68. The van der Waals surface area contributed by atoms with Gasteiger partial charge in [0.15, 0.2) is 0 Å². The summed E-state index contributed by atoms with van der Waals surface area (Å²) in [5.41, 5.74) is 1.77. The van der Waals surface area contributed by atoms with Crippen molar-refractivity contribution in [3.63, 3.8) is 0 Å². The fraction of sp³-hybridized carbons (Fsp3) is 0.333. The zero-order valence-corrected chi connectivity index (χ0v) is 13.0. The summed E-state index contributed by atoms with van der Waals surface area (Å²) in [6.07, 6.45) is 0.128. The van der Waals surface area contributed by atoms with Crippen LogP contribution in [-0.2, 0) is 6.42 Å². The molecular weight excluding hydrogens is 278 g/mol. The van der Waals surface area contributed by atoms with Crippen LogP contribution in [0.25, 0.3) is 0 Å². The van der Waals surface area contributed by atoms with Crippen LogP contribution in [-0.4, -0.2) is 39.9 Å². The van der Waals surface area contributed by atoms with Crippen LogP contribution in [0.4, 0.5) is 0 Å². The fourth-order valence-electron chi connectivity index (χ4n) is 2.45. The van der Waals surface area contributed by atoms with Crippen LogP contribution in [0, 0.1) is 0 Å². The highest BCUT2D eigenvalue weighted by Gasteiger charge is 2.20. The number of aliphatic hydroxyl groups is 1. The summed E-state index contributed by atoms with van der Waals surface area (Å²) >= 11 is 0. The van der Waals surface area contributed by atoms with Gasteiger partial charge < -0.3 is 20.2 Å². The highest BCUT2D eigenvalue weighted by molar-refractivity contribution is 5.29. The zero-order chi connectivity index (χ0) is 16.1. The van der Waals surface area contributed by atoms with E-state index in [4.69, 9.17) is 0 Å². The third-order valence-corrected chi connectivity index (χ3v) is 4.03. The summed E-state index contributed by atoms with van der Waals surface area (Å²) in [6, 6.07) is 13.8. The first-order valence-corrected chi connectivity index (χ1v) is 7.42. The molecule has 4 heteroatoms. The van der Waals surface area contributed by atoms with E-state index in [2.05, 4.69) is 4.90 Å². The minimum absolute atomic E-state index is 0.0842. The average Bonchev–Trinajstić information content (AvgIpc) is 2.51. The number of aromatic hydroxyl groups is 2. The molecule has 0 aliphatic rings. The zero-order valence-electron chi connectivity index (χ0n) is 13.0. The first kappa shape index (κ1) is 16.3. The SMILES string of the molecule is CC(C(O)c1cccc(O)c1)N(C)CCc1cccc(O)c1. The molecule has 0 aliphatic heterocycles. The number of hydrogen-bond donors (Lipinski definition) is 3. The first-order chi connectivity index (χ1) is 10.5. The maximum atomic E-state index is 10.4. The van der Waals surface area contributed by atoms with Crippen molar-refractivity contribution in [3.8, 4) is 11.5 Å². The van der Waals surface area contributed by atoms with E-state index in [1.54, 1.807) is 30.3 Å². The minimum atomic E-state index is -0.665. The minimum Gasteiger partial charge on any atom is -0.508 e. The van der Waals surface area contributed by atoms with Gasteiger partial charge in [0, 0.05) is 12.6 Å². The third-order valence-electron chi connectivity index (χ3n) is 4.03. The number of benzene rings is 2. The van der Waals surface area contributed by atoms with E-state index < -0.39 is 6.10 Å². The van der Waals surface area contributed by atoms with Gasteiger partial charge >= 0.3 is 0 Å². The van der Waals surface area contributed by atoms with Gasteiger partial charge in [-0.2, -0.15) is 0 Å². The van der Waals surface area contributed by atoms with Crippen LogP contribution < -0.4 is 0 Å². The summed E-state index contributed by atoms with van der Waals surface area (Å²) in [5.74, 6) is 0.430. The van der Waals surface area contributed by atoms with Crippen molar-refractivity contribution < 1.29 is 15.3 Å². The van der Waals surface area contributed by atoms with Crippen LogP contribution in [0.2, 0.25) is 0 Å². The number of rotatable bonds is 6. The Kier molecular flexibility index (Phi) is 5.41. The maximum absolute atomic E-state index is 10.4. The second kappa shape index (κ2) is 7.29. The van der Waals surface area contributed by atoms with Crippen molar-refractivity contribution >= 4 is 0 Å². The topological polar surface area (TPSA) is 63.9 Å². The molecule has 2 aromatic carbocycles. The Morgan fingerprint density at radius 2 is 1.64 bits per heavy atom. The van der Waals surface area contributed by atoms with Crippen molar-refractivity contribution in [2.45, 2.75) is 25.5 Å². The number of nitrogens with zero attached hydrogens (tertiary/aromatic N) is 1. The van der Waals surface area contributed by atoms with Crippen LogP contribution in [0.15, 0.2) is 48.5 Å². The van der Waals surface area contributed by atoms with Crippen molar-refractivity contribution in [2.24, 2.45) is 0 Å². The van der Waals surface area contributed by atoms with Gasteiger partial charge in [0.25, 0.3) is 0 Å². The number of phenolic OH excluding ortho intramolecular Hbond substituents is 2. The molecule has 3 N–H and O–H groups in total. The normalized spacial score (nSPS) is 14.0. The number of hydrogen-bond acceptors (Lipinski definition) is 4. The van der Waals surface area contributed by atoms with Crippen LogP contribution in [0.3, 0.4) is 0 Å². The predicted molar refractivity (Wildman–Crippen MR) is 87.0 cm³/mol. The maximum Gasteiger partial charge on any atom is 0.115 e. The standard InChI is InChI=1S/C18H23NO3/c1-13(18(22)15-6-4-8-17(21)12-15)19(2)10-9-14-5-3-7-16(20)11-14/h3-8,11-13,18,20-22H,9-10H2,1-2H3. The Hall–Kier alpha value is -2.04. The van der Waals surface area contributed by atoms with Gasteiger partial charge in [-0.15, -0.1) is 0 Å². The van der Waals surface area contributed by atoms with E-state index in [1.165, 1.54) is 0 Å². The molecule has 0 amide bonds. The monoisotopic (exact) mass is 301 g/mol. The summed E-state index contributed by atoms with van der Waals surface area (Å²) in [5, 5.41) is 29.4. The Morgan fingerprint density at radius 1 is 1.00 bits per heavy atom. The molecule has 0 saturated heterocycles. The molecule has 2 rings (SSSR count). The lowest BCUT2D eigenvalue weighted by molar-refractivity contribution is 0.0730. The number of aliphatic hydroxyl groups excluding tert-OH is 1. The van der Waals surface area contributed by atoms with Crippen molar-refractivity contribution in [1.29, 1.82) is 0 Å². The number of phenols is 2. The van der Waals surface area contributed by atoms with Crippen molar-refractivity contribution in [3.05, 3.63) is 59.7 Å². The van der Waals surface area contributed by atoms with Gasteiger partial charge in [0.1, 0.15) is 11.5 Å². The predicted octanol–water partition coefficient (Wildman–Crippen LogP) is 2.69. The molecule has 118 valence electrons. The van der Waals surface area contributed by atoms with Gasteiger partial charge in [-0.1, -0.05) is 24.3 Å². The molecule has 0 fully saturated rings. The molecule has 2 atom stereocenters. The Bertz CT molecular complexity index is 615. The molecule has 0 heterocycles. The van der Waals surface area contributed by atoms with Gasteiger partial charge in [-0.25, -0.2) is 0 Å². The summed E-state index contributed by atoms with van der Waals surface area (Å²) < 4.78 is 0. The number of likely N-dealkylation sites (N-methyl/N-ethyl adjacent to an activating group) is 1. The van der Waals surface area contributed by atoms with Gasteiger partial charge in [0.2, 0.25) is 0 Å². The second-order valence-electron chi connectivity index (χ2n) is 5.68. The molecule has 22 heavy (non-hydrogen) atoms. The van der Waals surface area contributed by atoms with Crippen LogP contribution >= 0.6 is 0 Å². The van der Waals surface area contributed by atoms with Crippen molar-refractivity contribution in [1.82, 2.24) is 4.90 Å². The molecule has 2 unspecified atom stereocenters. The molecular formula is C18H23NO3. The summed E-state index contributed by atoms with van der Waals surface area (Å²) in [6.45, 7) is 2.72. The van der Waals surface area contributed by atoms with E-state index in [9.17, 15) is 15.3 Å². The van der Waals surface area contributed by atoms with E-state index in [-0.39, 0.29) is 17.5 Å². The molecule has 0 spiro atoms. The van der Waals surface area contributed by atoms with E-state index in [0.29, 0.717) is 5.56 Å². The summed E-state index contributed by atoms with van der Waals surface area (Å²) in [7, 11) is 1.96. The average molecular weight is 301 g/mol. The quantitative estimate of drug-likeness (QED) is 0.767. The molecule has 0 saturated carbocycles. The van der Waals surface area contributed by atoms with Gasteiger partial charge in [-0.05, 0) is 55.8 Å². The van der Waals surface area contributed by atoms with E-state index in [0.717, 1.165) is 18.5 Å². The Morgan fingerprint density at radius 3 is 2.27 bits per heavy atom. The lowest BCUT2D eigenvalue weighted by Gasteiger charge is -2.29. The molecule has 2 aromatic rings. The van der Waals surface area contributed by atoms with Gasteiger partial charge in [-0.3, -0.25) is 0 Å². The first-order valence-electron chi connectivity index (χ1n) is 7.42. The molecule has 0 aromatic heterocycles. The Labute approximate surface area is 131 Å². The van der Waals surface area contributed by atoms with Crippen LogP contribution in [0.1, 0.15) is 24.2 Å². The highest BCUT2D eigenvalue weighted by Crippen LogP contribution is 2.23. The van der Waals surface area contributed by atoms with Crippen LogP contribution in [0.5, 0.6) is 11.5 Å². The largest absolute Gasteiger partial charge is 0.508 e. The third kappa shape index (κ3) is 4.23. The Balaban J connectivity index is 1.95. The van der Waals surface area contributed by atoms with Crippen molar-refractivity contribution in [2.75, 3.05) is 13.6 Å². The molecule has 0 aliphatic carbocycles.